The Morgan fingerprint density at radius 3 is 3.00 bits per heavy atom. The van der Waals surface area contributed by atoms with Gasteiger partial charge in [-0.05, 0) is 32.1 Å². The molecule has 118 valence electrons. The molecule has 0 radical (unpaired) electrons. The van der Waals surface area contributed by atoms with E-state index in [0.717, 1.165) is 63.9 Å². The zero-order chi connectivity index (χ0) is 15.1. The Morgan fingerprint density at radius 2 is 2.24 bits per heavy atom. The summed E-state index contributed by atoms with van der Waals surface area (Å²) in [4.78, 5) is 18.6. The second kappa shape index (κ2) is 8.00. The molecule has 1 aromatic heterocycles. The molecule has 1 aromatic rings. The van der Waals surface area contributed by atoms with Crippen LogP contribution in [0.1, 0.15) is 70.1 Å². The molecule has 1 atom stereocenters. The number of hydrogen-bond donors (Lipinski definition) is 1. The van der Waals surface area contributed by atoms with Crippen molar-refractivity contribution in [1.29, 1.82) is 0 Å². The highest BCUT2D eigenvalue weighted by Gasteiger charge is 2.31. The van der Waals surface area contributed by atoms with Crippen LogP contribution in [-0.2, 0) is 6.42 Å². The third-order valence-electron chi connectivity index (χ3n) is 3.81. The van der Waals surface area contributed by atoms with Gasteiger partial charge in [-0.3, -0.25) is 0 Å². The van der Waals surface area contributed by atoms with E-state index in [2.05, 4.69) is 29.3 Å². The van der Waals surface area contributed by atoms with Gasteiger partial charge in [0.1, 0.15) is 6.04 Å². The number of hydrogen-bond acceptors (Lipinski definition) is 4. The van der Waals surface area contributed by atoms with Crippen molar-refractivity contribution in [2.24, 2.45) is 0 Å². The Morgan fingerprint density at radius 1 is 1.38 bits per heavy atom. The number of aryl methyl sites for hydroxylation is 1. The van der Waals surface area contributed by atoms with E-state index in [1.54, 1.807) is 0 Å². The number of rotatable bonds is 6. The second-order valence-corrected chi connectivity index (χ2v) is 5.59. The Balaban J connectivity index is 2.01. The number of carbonyl (C=O) groups excluding carboxylic acids is 1. The van der Waals surface area contributed by atoms with Gasteiger partial charge in [-0.2, -0.15) is 4.98 Å². The van der Waals surface area contributed by atoms with Crippen molar-refractivity contribution in [2.75, 3.05) is 13.1 Å². The topological polar surface area (TPSA) is 71.3 Å². The molecule has 2 rings (SSSR count). The Hall–Kier alpha value is -1.59. The van der Waals surface area contributed by atoms with Crippen LogP contribution < -0.4 is 5.32 Å². The normalized spacial score (nSPS) is 18.8. The fourth-order valence-electron chi connectivity index (χ4n) is 2.63. The number of aromatic nitrogens is 2. The van der Waals surface area contributed by atoms with Crippen LogP contribution in [0.15, 0.2) is 4.52 Å². The molecule has 1 unspecified atom stereocenters. The van der Waals surface area contributed by atoms with Gasteiger partial charge in [0.2, 0.25) is 5.89 Å². The van der Waals surface area contributed by atoms with Crippen molar-refractivity contribution in [3.05, 3.63) is 11.7 Å². The molecule has 0 saturated carbocycles. The van der Waals surface area contributed by atoms with Gasteiger partial charge < -0.3 is 14.7 Å². The summed E-state index contributed by atoms with van der Waals surface area (Å²) in [6.45, 7) is 5.69. The number of unbranched alkanes of at least 4 members (excludes halogenated alkanes) is 1. The Bertz CT molecular complexity index is 447. The second-order valence-electron chi connectivity index (χ2n) is 5.59. The van der Waals surface area contributed by atoms with Crippen molar-refractivity contribution in [1.82, 2.24) is 20.4 Å². The number of nitrogens with zero attached hydrogens (tertiary/aromatic N) is 3. The molecule has 0 bridgehead atoms. The molecule has 0 aromatic carbocycles. The van der Waals surface area contributed by atoms with E-state index >= 15 is 0 Å². The minimum Gasteiger partial charge on any atom is -0.338 e. The van der Waals surface area contributed by atoms with Crippen LogP contribution in [0.5, 0.6) is 0 Å². The van der Waals surface area contributed by atoms with Crippen molar-refractivity contribution in [2.45, 2.75) is 64.8 Å². The zero-order valence-corrected chi connectivity index (χ0v) is 13.1. The number of piperidine rings is 1. The van der Waals surface area contributed by atoms with E-state index in [1.165, 1.54) is 0 Å². The Kier molecular flexibility index (Phi) is 6.02. The lowest BCUT2D eigenvalue weighted by atomic mass is 10.0. The minimum atomic E-state index is -0.0708. The summed E-state index contributed by atoms with van der Waals surface area (Å²) in [6, 6.07) is -0.0816. The molecule has 0 spiro atoms. The lowest BCUT2D eigenvalue weighted by Crippen LogP contribution is -2.45. The van der Waals surface area contributed by atoms with Gasteiger partial charge in [-0.25, -0.2) is 4.79 Å². The first kappa shape index (κ1) is 15.8. The van der Waals surface area contributed by atoms with E-state index in [0.29, 0.717) is 5.89 Å². The molecule has 6 nitrogen and oxygen atoms in total. The maximum atomic E-state index is 12.3. The molecule has 21 heavy (non-hydrogen) atoms. The van der Waals surface area contributed by atoms with Gasteiger partial charge in [0, 0.05) is 19.5 Å². The monoisotopic (exact) mass is 294 g/mol. The SMILES string of the molecule is CCCCNC(=O)N1CCCCC1c1nc(CCC)no1. The van der Waals surface area contributed by atoms with Crippen LogP contribution in [0, 0.1) is 0 Å². The molecular weight excluding hydrogens is 268 g/mol. The molecule has 6 heteroatoms. The standard InChI is InChI=1S/C15H26N4O2/c1-3-5-10-16-15(20)19-11-7-6-9-12(19)14-17-13(8-4-2)18-21-14/h12H,3-11H2,1-2H3,(H,16,20). The van der Waals surface area contributed by atoms with E-state index in [9.17, 15) is 4.79 Å². The van der Waals surface area contributed by atoms with Crippen molar-refractivity contribution in [3.8, 4) is 0 Å². The van der Waals surface area contributed by atoms with Crippen molar-refractivity contribution in [3.63, 3.8) is 0 Å². The van der Waals surface area contributed by atoms with Crippen LogP contribution in [0.3, 0.4) is 0 Å². The first-order valence-corrected chi connectivity index (χ1v) is 8.13. The smallest absolute Gasteiger partial charge is 0.318 e. The molecule has 0 aliphatic carbocycles. The summed E-state index contributed by atoms with van der Waals surface area (Å²) in [7, 11) is 0. The average Bonchev–Trinajstić information content (AvgIpc) is 2.96. The van der Waals surface area contributed by atoms with Crippen molar-refractivity contribution < 1.29 is 9.32 Å². The molecule has 1 fully saturated rings. The van der Waals surface area contributed by atoms with Gasteiger partial charge in [0.25, 0.3) is 0 Å². The average molecular weight is 294 g/mol. The molecule has 1 saturated heterocycles. The third-order valence-corrected chi connectivity index (χ3v) is 3.81. The lowest BCUT2D eigenvalue weighted by molar-refractivity contribution is 0.132. The van der Waals surface area contributed by atoms with Crippen LogP contribution in [-0.4, -0.2) is 34.2 Å². The summed E-state index contributed by atoms with van der Waals surface area (Å²) in [5.74, 6) is 1.33. The highest BCUT2D eigenvalue weighted by atomic mass is 16.5. The van der Waals surface area contributed by atoms with E-state index in [1.807, 2.05) is 4.90 Å². The molecule has 2 amide bonds. The minimum absolute atomic E-state index is 0.0107. The molecular formula is C15H26N4O2. The quantitative estimate of drug-likeness (QED) is 0.818. The number of urea groups is 1. The van der Waals surface area contributed by atoms with Gasteiger partial charge >= 0.3 is 6.03 Å². The van der Waals surface area contributed by atoms with Gasteiger partial charge in [0.05, 0.1) is 0 Å². The lowest BCUT2D eigenvalue weighted by Gasteiger charge is -2.33. The summed E-state index contributed by atoms with van der Waals surface area (Å²) >= 11 is 0. The first-order chi connectivity index (χ1) is 10.3. The third kappa shape index (κ3) is 4.19. The predicted octanol–water partition coefficient (Wildman–Crippen LogP) is 3.06. The number of amides is 2. The number of carbonyl (C=O) groups is 1. The number of likely N-dealkylation sites (tertiary alicyclic amines) is 1. The fraction of sp³-hybridized carbons (Fsp3) is 0.800. The van der Waals surface area contributed by atoms with Crippen LogP contribution in [0.25, 0.3) is 0 Å². The van der Waals surface area contributed by atoms with Gasteiger partial charge in [0.15, 0.2) is 5.82 Å². The van der Waals surface area contributed by atoms with E-state index in [4.69, 9.17) is 4.52 Å². The molecule has 1 aliphatic heterocycles. The van der Waals surface area contributed by atoms with Crippen molar-refractivity contribution >= 4 is 6.03 Å². The molecule has 1 N–H and O–H groups in total. The van der Waals surface area contributed by atoms with Crippen LogP contribution >= 0.6 is 0 Å². The summed E-state index contributed by atoms with van der Waals surface area (Å²) in [5.41, 5.74) is 0. The maximum absolute atomic E-state index is 12.3. The largest absolute Gasteiger partial charge is 0.338 e. The predicted molar refractivity (Wildman–Crippen MR) is 79.9 cm³/mol. The van der Waals surface area contributed by atoms with E-state index in [-0.39, 0.29) is 12.1 Å². The molecule has 2 heterocycles. The van der Waals surface area contributed by atoms with Gasteiger partial charge in [-0.15, -0.1) is 0 Å². The Labute approximate surface area is 126 Å². The molecule has 1 aliphatic rings. The summed E-state index contributed by atoms with van der Waals surface area (Å²) < 4.78 is 5.38. The summed E-state index contributed by atoms with van der Waals surface area (Å²) in [6.07, 6.45) is 6.92. The highest BCUT2D eigenvalue weighted by molar-refractivity contribution is 5.74. The highest BCUT2D eigenvalue weighted by Crippen LogP contribution is 2.29. The fourth-order valence-corrected chi connectivity index (χ4v) is 2.63. The zero-order valence-electron chi connectivity index (χ0n) is 13.1. The first-order valence-electron chi connectivity index (χ1n) is 8.13. The summed E-state index contributed by atoms with van der Waals surface area (Å²) in [5, 5.41) is 6.99. The van der Waals surface area contributed by atoms with Crippen LogP contribution in [0.2, 0.25) is 0 Å². The van der Waals surface area contributed by atoms with Crippen LogP contribution in [0.4, 0.5) is 4.79 Å². The van der Waals surface area contributed by atoms with E-state index < -0.39 is 0 Å². The maximum Gasteiger partial charge on any atom is 0.318 e. The van der Waals surface area contributed by atoms with Gasteiger partial charge in [-0.1, -0.05) is 25.4 Å². The number of nitrogens with one attached hydrogen (secondary N) is 1.